The number of methoxy groups -OCH3 is 4. The van der Waals surface area contributed by atoms with E-state index in [-0.39, 0.29) is 24.3 Å². The number of benzene rings is 2. The normalized spacial score (nSPS) is 16.5. The largest absolute Gasteiger partial charge is 0.465 e. The fourth-order valence-electron chi connectivity index (χ4n) is 4.55. The summed E-state index contributed by atoms with van der Waals surface area (Å²) in [5.74, 6) is -4.20. The number of hydrogen-bond acceptors (Lipinski definition) is 11. The van der Waals surface area contributed by atoms with Gasteiger partial charge in [-0.05, 0) is 12.5 Å². The highest BCUT2D eigenvalue weighted by Crippen LogP contribution is 2.67. The van der Waals surface area contributed by atoms with Crippen molar-refractivity contribution in [3.63, 3.8) is 0 Å². The topological polar surface area (TPSA) is 141 Å². The summed E-state index contributed by atoms with van der Waals surface area (Å²) in [6.07, 6.45) is 2.83. The molecule has 1 atom stereocenters. The molecule has 41 heavy (non-hydrogen) atoms. The molecule has 2 aromatic rings. The third kappa shape index (κ3) is 6.12. The van der Waals surface area contributed by atoms with Crippen molar-refractivity contribution in [3.05, 3.63) is 75.4 Å². The number of esters is 4. The van der Waals surface area contributed by atoms with E-state index in [2.05, 4.69) is 0 Å². The molecule has 0 saturated carbocycles. The van der Waals surface area contributed by atoms with Gasteiger partial charge in [0.25, 0.3) is 0 Å². The number of hydrogen-bond donors (Lipinski definition) is 0. The lowest BCUT2D eigenvalue weighted by molar-refractivity contribution is 0.0388. The van der Waals surface area contributed by atoms with Gasteiger partial charge in [0, 0.05) is 16.5 Å². The fraction of sp³-hybridized carbons (Fsp3) is 0.379. The first-order chi connectivity index (χ1) is 19.4. The third-order valence-electron chi connectivity index (χ3n) is 6.44. The van der Waals surface area contributed by atoms with Crippen LogP contribution in [0.1, 0.15) is 84.6 Å². The van der Waals surface area contributed by atoms with Crippen molar-refractivity contribution in [2.45, 2.75) is 26.4 Å². The number of rotatable bonds is 8. The molecule has 11 nitrogen and oxygen atoms in total. The molecule has 0 radical (unpaired) electrons. The summed E-state index contributed by atoms with van der Waals surface area (Å²) in [4.78, 5) is 53.9. The molecule has 1 aliphatic rings. The highest BCUT2D eigenvalue weighted by molar-refractivity contribution is 7.54. The summed E-state index contributed by atoms with van der Waals surface area (Å²) in [7, 11) is 0.0286. The van der Waals surface area contributed by atoms with Gasteiger partial charge in [0.05, 0.1) is 63.9 Å². The van der Waals surface area contributed by atoms with Gasteiger partial charge in [-0.1, -0.05) is 56.3 Å². The Hall–Kier alpha value is -3.79. The molecule has 0 aliphatic carbocycles. The van der Waals surface area contributed by atoms with Gasteiger partial charge in [0.1, 0.15) is 5.66 Å². The van der Waals surface area contributed by atoms with Gasteiger partial charge in [-0.2, -0.15) is 0 Å². The molecule has 0 spiro atoms. The standard InChI is InChI=1S/C29H33O11P/c1-8-12-18-19(25(30)35-4)22(27(32)37-6)21(23(28(33)38-7)20(18)26(31)36-5)24(17-13-10-9-11-14-17)41(34)39-15-29(2,3)16-40-41/h8-14,24H,15-16H2,1-7H3/b12-8+. The maximum absolute atomic E-state index is 14.7. The number of allylic oxidation sites excluding steroid dienone is 1. The monoisotopic (exact) mass is 588 g/mol. The van der Waals surface area contributed by atoms with E-state index in [1.165, 1.54) is 12.2 Å². The zero-order valence-corrected chi connectivity index (χ0v) is 24.9. The Bertz CT molecular complexity index is 1350. The summed E-state index contributed by atoms with van der Waals surface area (Å²) < 4.78 is 46.6. The molecular formula is C29H33O11P. The van der Waals surface area contributed by atoms with Gasteiger partial charge in [0.15, 0.2) is 0 Å². The SMILES string of the molecule is C/C=C/c1c(C(=O)OC)c(C(=O)OC)c(C(c2ccccc2)P2(=O)OCC(C)(C)CO2)c(C(=O)OC)c1C(=O)OC. The smallest absolute Gasteiger partial charge is 0.342 e. The lowest BCUT2D eigenvalue weighted by Gasteiger charge is -2.38. The summed E-state index contributed by atoms with van der Waals surface area (Å²) in [6.45, 7) is 5.33. The molecule has 0 bridgehead atoms. The third-order valence-corrected chi connectivity index (χ3v) is 8.61. The molecule has 1 heterocycles. The average Bonchev–Trinajstić information content (AvgIpc) is 2.97. The molecule has 0 aromatic heterocycles. The molecule has 3 rings (SSSR count). The molecule has 1 saturated heterocycles. The van der Waals surface area contributed by atoms with Crippen LogP contribution in [0.4, 0.5) is 0 Å². The van der Waals surface area contributed by atoms with E-state index in [4.69, 9.17) is 28.0 Å². The van der Waals surface area contributed by atoms with Gasteiger partial charge in [0.2, 0.25) is 0 Å². The zero-order valence-electron chi connectivity index (χ0n) is 24.0. The molecular weight excluding hydrogens is 555 g/mol. The molecule has 1 unspecified atom stereocenters. The Labute approximate surface area is 238 Å². The average molecular weight is 589 g/mol. The first-order valence-corrected chi connectivity index (χ1v) is 14.2. The number of carbonyl (C=O) groups is 4. The summed E-state index contributed by atoms with van der Waals surface area (Å²) in [6, 6.07) is 8.19. The van der Waals surface area contributed by atoms with Gasteiger partial charge in [-0.25, -0.2) is 19.2 Å². The zero-order chi connectivity index (χ0) is 30.5. The van der Waals surface area contributed by atoms with Crippen LogP contribution in [0.25, 0.3) is 6.08 Å². The number of ether oxygens (including phenoxy) is 4. The Morgan fingerprint density at radius 2 is 1.20 bits per heavy atom. The van der Waals surface area contributed by atoms with Crippen molar-refractivity contribution in [1.82, 2.24) is 0 Å². The van der Waals surface area contributed by atoms with Crippen LogP contribution in [0.15, 0.2) is 36.4 Å². The second-order valence-corrected chi connectivity index (χ2v) is 12.0. The van der Waals surface area contributed by atoms with Gasteiger partial charge in [-0.15, -0.1) is 0 Å². The highest BCUT2D eigenvalue weighted by atomic mass is 31.2. The Kier molecular flexibility index (Phi) is 9.91. The summed E-state index contributed by atoms with van der Waals surface area (Å²) >= 11 is 0. The van der Waals surface area contributed by atoms with Crippen molar-refractivity contribution < 1.29 is 51.7 Å². The molecule has 1 aliphatic heterocycles. The van der Waals surface area contributed by atoms with Crippen molar-refractivity contribution in [3.8, 4) is 0 Å². The number of carbonyl (C=O) groups excluding carboxylic acids is 4. The van der Waals surface area contributed by atoms with Crippen LogP contribution in [0.5, 0.6) is 0 Å². The van der Waals surface area contributed by atoms with E-state index < -0.39 is 64.8 Å². The van der Waals surface area contributed by atoms with Crippen LogP contribution in [-0.4, -0.2) is 65.5 Å². The molecule has 12 heteroatoms. The van der Waals surface area contributed by atoms with Crippen molar-refractivity contribution in [2.75, 3.05) is 41.7 Å². The van der Waals surface area contributed by atoms with E-state index in [0.717, 1.165) is 28.4 Å². The van der Waals surface area contributed by atoms with Gasteiger partial charge >= 0.3 is 31.5 Å². The Morgan fingerprint density at radius 1 is 0.780 bits per heavy atom. The maximum Gasteiger partial charge on any atom is 0.342 e. The summed E-state index contributed by atoms with van der Waals surface area (Å²) in [5, 5.41) is 0. The van der Waals surface area contributed by atoms with Crippen molar-refractivity contribution in [1.29, 1.82) is 0 Å². The first kappa shape index (κ1) is 31.7. The summed E-state index contributed by atoms with van der Waals surface area (Å²) in [5.41, 5.74) is -3.94. The minimum absolute atomic E-state index is 0.0130. The van der Waals surface area contributed by atoms with Crippen LogP contribution >= 0.6 is 7.60 Å². The van der Waals surface area contributed by atoms with Crippen molar-refractivity contribution in [2.24, 2.45) is 5.41 Å². The lowest BCUT2D eigenvalue weighted by atomic mass is 9.83. The Morgan fingerprint density at radius 3 is 1.59 bits per heavy atom. The maximum atomic E-state index is 14.7. The van der Waals surface area contributed by atoms with Crippen LogP contribution in [0, 0.1) is 5.41 Å². The van der Waals surface area contributed by atoms with Crippen LogP contribution in [0.3, 0.4) is 0 Å². The highest BCUT2D eigenvalue weighted by Gasteiger charge is 2.50. The molecule has 1 fully saturated rings. The van der Waals surface area contributed by atoms with Crippen LogP contribution in [0.2, 0.25) is 0 Å². The second-order valence-electron chi connectivity index (χ2n) is 9.86. The minimum Gasteiger partial charge on any atom is -0.465 e. The van der Waals surface area contributed by atoms with E-state index in [0.29, 0.717) is 5.56 Å². The quantitative estimate of drug-likeness (QED) is 0.228. The molecule has 0 N–H and O–H groups in total. The molecule has 0 amide bonds. The van der Waals surface area contributed by atoms with E-state index in [1.54, 1.807) is 37.3 Å². The Balaban J connectivity index is 2.72. The second kappa shape index (κ2) is 12.8. The predicted molar refractivity (Wildman–Crippen MR) is 148 cm³/mol. The van der Waals surface area contributed by atoms with Crippen molar-refractivity contribution >= 4 is 37.5 Å². The van der Waals surface area contributed by atoms with Crippen LogP contribution in [-0.2, 0) is 32.6 Å². The minimum atomic E-state index is -4.29. The fourth-order valence-corrected chi connectivity index (χ4v) is 7.10. The molecule has 2 aromatic carbocycles. The predicted octanol–water partition coefficient (Wildman–Crippen LogP) is 5.22. The van der Waals surface area contributed by atoms with Gasteiger partial charge in [-0.3, -0.25) is 4.57 Å². The van der Waals surface area contributed by atoms with Gasteiger partial charge < -0.3 is 28.0 Å². The molecule has 220 valence electrons. The first-order valence-electron chi connectivity index (χ1n) is 12.5. The van der Waals surface area contributed by atoms with E-state index in [1.807, 2.05) is 13.8 Å². The van der Waals surface area contributed by atoms with Crippen LogP contribution < -0.4 is 0 Å². The lowest BCUT2D eigenvalue weighted by Crippen LogP contribution is -2.32. The van der Waals surface area contributed by atoms with E-state index in [9.17, 15) is 23.7 Å². The van der Waals surface area contributed by atoms with E-state index >= 15 is 0 Å².